The summed E-state index contributed by atoms with van der Waals surface area (Å²) in [6.45, 7) is 7.37. The molecule has 0 saturated carbocycles. The van der Waals surface area contributed by atoms with Crippen LogP contribution in [0.3, 0.4) is 0 Å². The van der Waals surface area contributed by atoms with Crippen molar-refractivity contribution < 1.29 is 4.39 Å². The molecule has 0 unspecified atom stereocenters. The number of nitrogens with one attached hydrogen (secondary N) is 1. The Balaban J connectivity index is 1.87. The van der Waals surface area contributed by atoms with Crippen LogP contribution in [-0.4, -0.2) is 24.5 Å². The summed E-state index contributed by atoms with van der Waals surface area (Å²) < 4.78 is 14.0. The SMILES string of the molecule is CCN1CC=C(C2=Cc3cc(C)ccc3Nc3ccc(F)cc32)CC1. The van der Waals surface area contributed by atoms with Crippen LogP contribution in [0.2, 0.25) is 0 Å². The van der Waals surface area contributed by atoms with Gasteiger partial charge in [0.2, 0.25) is 0 Å². The third-order valence-electron chi connectivity index (χ3n) is 5.13. The van der Waals surface area contributed by atoms with Gasteiger partial charge in [-0.15, -0.1) is 0 Å². The fourth-order valence-corrected chi connectivity index (χ4v) is 3.65. The fraction of sp³-hybridized carbons (Fsp3) is 0.273. The zero-order chi connectivity index (χ0) is 17.4. The zero-order valence-corrected chi connectivity index (χ0v) is 14.8. The molecular formula is C22H23FN2. The molecule has 4 rings (SSSR count). The number of aryl methyl sites for hydroxylation is 1. The molecule has 0 spiro atoms. The van der Waals surface area contributed by atoms with Gasteiger partial charge in [0.05, 0.1) is 0 Å². The van der Waals surface area contributed by atoms with Gasteiger partial charge in [0.15, 0.2) is 0 Å². The molecule has 2 aliphatic rings. The maximum atomic E-state index is 14.0. The molecule has 128 valence electrons. The molecule has 25 heavy (non-hydrogen) atoms. The van der Waals surface area contributed by atoms with Crippen molar-refractivity contribution in [3.63, 3.8) is 0 Å². The topological polar surface area (TPSA) is 15.3 Å². The van der Waals surface area contributed by atoms with Crippen LogP contribution in [0.4, 0.5) is 15.8 Å². The lowest BCUT2D eigenvalue weighted by Crippen LogP contribution is -2.28. The Morgan fingerprint density at radius 1 is 1.12 bits per heavy atom. The van der Waals surface area contributed by atoms with E-state index in [1.54, 1.807) is 6.07 Å². The average molecular weight is 334 g/mol. The molecule has 0 aliphatic carbocycles. The number of likely N-dealkylation sites (N-methyl/N-ethyl adjacent to an activating group) is 1. The molecule has 2 nitrogen and oxygen atoms in total. The molecule has 2 heterocycles. The van der Waals surface area contributed by atoms with Crippen LogP contribution in [0.25, 0.3) is 11.6 Å². The lowest BCUT2D eigenvalue weighted by molar-refractivity contribution is 0.312. The minimum Gasteiger partial charge on any atom is -0.355 e. The van der Waals surface area contributed by atoms with Crippen molar-refractivity contribution in [2.24, 2.45) is 0 Å². The van der Waals surface area contributed by atoms with Crippen molar-refractivity contribution >= 4 is 23.0 Å². The molecular weight excluding hydrogens is 311 g/mol. The van der Waals surface area contributed by atoms with Crippen molar-refractivity contribution in [1.29, 1.82) is 0 Å². The van der Waals surface area contributed by atoms with Gasteiger partial charge in [0.1, 0.15) is 5.82 Å². The number of allylic oxidation sites excluding steroid dienone is 1. The van der Waals surface area contributed by atoms with Gasteiger partial charge < -0.3 is 5.32 Å². The van der Waals surface area contributed by atoms with Gasteiger partial charge in [-0.05, 0) is 73.0 Å². The van der Waals surface area contributed by atoms with Crippen LogP contribution in [0, 0.1) is 12.7 Å². The van der Waals surface area contributed by atoms with E-state index in [0.29, 0.717) is 0 Å². The molecule has 3 heteroatoms. The smallest absolute Gasteiger partial charge is 0.123 e. The normalized spacial score (nSPS) is 16.9. The first kappa shape index (κ1) is 16.1. The molecule has 2 aromatic carbocycles. The maximum Gasteiger partial charge on any atom is 0.123 e. The summed E-state index contributed by atoms with van der Waals surface area (Å²) in [5.74, 6) is -0.194. The van der Waals surface area contributed by atoms with Gasteiger partial charge in [0, 0.05) is 30.0 Å². The van der Waals surface area contributed by atoms with E-state index in [2.05, 4.69) is 54.4 Å². The van der Waals surface area contributed by atoms with E-state index in [0.717, 1.165) is 54.1 Å². The highest BCUT2D eigenvalue weighted by Crippen LogP contribution is 2.40. The Bertz CT molecular complexity index is 880. The van der Waals surface area contributed by atoms with Crippen molar-refractivity contribution in [3.05, 3.63) is 70.6 Å². The molecule has 0 atom stereocenters. The van der Waals surface area contributed by atoms with Crippen molar-refractivity contribution in [3.8, 4) is 0 Å². The number of fused-ring (bicyclic) bond motifs is 2. The molecule has 2 aromatic rings. The number of hydrogen-bond donors (Lipinski definition) is 1. The summed E-state index contributed by atoms with van der Waals surface area (Å²) >= 11 is 0. The highest BCUT2D eigenvalue weighted by atomic mass is 19.1. The van der Waals surface area contributed by atoms with Crippen molar-refractivity contribution in [2.45, 2.75) is 20.3 Å². The minimum absolute atomic E-state index is 0.194. The highest BCUT2D eigenvalue weighted by molar-refractivity contribution is 6.00. The number of anilines is 2. The van der Waals surface area contributed by atoms with Gasteiger partial charge in [-0.25, -0.2) is 4.39 Å². The van der Waals surface area contributed by atoms with Crippen LogP contribution in [0.15, 0.2) is 48.0 Å². The Hall–Kier alpha value is -2.39. The highest BCUT2D eigenvalue weighted by Gasteiger charge is 2.20. The Morgan fingerprint density at radius 2 is 1.96 bits per heavy atom. The molecule has 2 aliphatic heterocycles. The second kappa shape index (κ2) is 6.49. The first-order chi connectivity index (χ1) is 12.1. The number of halogens is 1. The quantitative estimate of drug-likeness (QED) is 0.793. The van der Waals surface area contributed by atoms with Crippen LogP contribution >= 0.6 is 0 Å². The summed E-state index contributed by atoms with van der Waals surface area (Å²) in [5.41, 5.74) is 7.82. The van der Waals surface area contributed by atoms with Crippen LogP contribution in [0.1, 0.15) is 30.0 Å². The van der Waals surface area contributed by atoms with Crippen LogP contribution < -0.4 is 5.32 Å². The predicted octanol–water partition coefficient (Wildman–Crippen LogP) is 5.38. The standard InChI is InChI=1S/C22H23FN2/c1-3-25-10-8-16(9-11-25)19-13-17-12-15(2)4-6-21(17)24-22-7-5-18(23)14-20(19)22/h4-8,12-14,24H,3,9-11H2,1-2H3. The number of hydrogen-bond acceptors (Lipinski definition) is 2. The third-order valence-corrected chi connectivity index (χ3v) is 5.13. The molecule has 0 bridgehead atoms. The van der Waals surface area contributed by atoms with Gasteiger partial charge in [-0.2, -0.15) is 0 Å². The molecule has 0 radical (unpaired) electrons. The van der Waals surface area contributed by atoms with Gasteiger partial charge in [0.25, 0.3) is 0 Å². The molecule has 0 saturated heterocycles. The van der Waals surface area contributed by atoms with E-state index in [9.17, 15) is 4.39 Å². The summed E-state index contributed by atoms with van der Waals surface area (Å²) in [5, 5.41) is 3.49. The minimum atomic E-state index is -0.194. The molecule has 0 aromatic heterocycles. The molecule has 0 fully saturated rings. The van der Waals surface area contributed by atoms with Crippen molar-refractivity contribution in [1.82, 2.24) is 4.90 Å². The van der Waals surface area contributed by atoms with Gasteiger partial charge >= 0.3 is 0 Å². The summed E-state index contributed by atoms with van der Waals surface area (Å²) in [7, 11) is 0. The van der Waals surface area contributed by atoms with E-state index in [-0.39, 0.29) is 5.82 Å². The predicted molar refractivity (Wildman–Crippen MR) is 104 cm³/mol. The van der Waals surface area contributed by atoms with E-state index < -0.39 is 0 Å². The number of nitrogens with zero attached hydrogens (tertiary/aromatic N) is 1. The van der Waals surface area contributed by atoms with Gasteiger partial charge in [-0.3, -0.25) is 4.90 Å². The maximum absolute atomic E-state index is 14.0. The lowest BCUT2D eigenvalue weighted by atomic mass is 9.91. The third kappa shape index (κ3) is 3.12. The zero-order valence-electron chi connectivity index (χ0n) is 14.8. The van der Waals surface area contributed by atoms with E-state index in [4.69, 9.17) is 0 Å². The Kier molecular flexibility index (Phi) is 4.18. The summed E-state index contributed by atoms with van der Waals surface area (Å²) in [4.78, 5) is 2.42. The number of rotatable bonds is 2. The fourth-order valence-electron chi connectivity index (χ4n) is 3.65. The van der Waals surface area contributed by atoms with E-state index in [1.807, 2.05) is 6.07 Å². The second-order valence-electron chi connectivity index (χ2n) is 6.84. The van der Waals surface area contributed by atoms with Crippen LogP contribution in [-0.2, 0) is 0 Å². The van der Waals surface area contributed by atoms with Crippen molar-refractivity contribution in [2.75, 3.05) is 25.0 Å². The molecule has 0 amide bonds. The van der Waals surface area contributed by atoms with Gasteiger partial charge in [-0.1, -0.05) is 24.6 Å². The first-order valence-electron chi connectivity index (χ1n) is 8.95. The summed E-state index contributed by atoms with van der Waals surface area (Å²) in [6.07, 6.45) is 5.51. The van der Waals surface area contributed by atoms with Crippen LogP contribution in [0.5, 0.6) is 0 Å². The Labute approximate surface area is 148 Å². The number of benzene rings is 2. The summed E-state index contributed by atoms with van der Waals surface area (Å²) in [6, 6.07) is 11.4. The second-order valence-corrected chi connectivity index (χ2v) is 6.84. The lowest BCUT2D eigenvalue weighted by Gasteiger charge is -2.26. The first-order valence-corrected chi connectivity index (χ1v) is 8.95. The van der Waals surface area contributed by atoms with E-state index in [1.165, 1.54) is 17.2 Å². The Morgan fingerprint density at radius 3 is 2.72 bits per heavy atom. The average Bonchev–Trinajstić information content (AvgIpc) is 2.78. The monoisotopic (exact) mass is 334 g/mol. The van der Waals surface area contributed by atoms with E-state index >= 15 is 0 Å². The molecule has 1 N–H and O–H groups in total. The largest absolute Gasteiger partial charge is 0.355 e.